The summed E-state index contributed by atoms with van der Waals surface area (Å²) in [4.78, 5) is 26.3. The van der Waals surface area contributed by atoms with Gasteiger partial charge in [0.25, 0.3) is 0 Å². The topological polar surface area (TPSA) is 87.5 Å². The summed E-state index contributed by atoms with van der Waals surface area (Å²) in [7, 11) is 0. The van der Waals surface area contributed by atoms with E-state index in [1.54, 1.807) is 6.07 Å². The standard InChI is InChI=1S/C17H25ClN4O2S/c1-11(2)16(19)17(24)20-10-15(23)21-13-9-12(18)3-4-14(13)22-5-7-25-8-6-22/h3-4,9,11,16H,5-8,10,19H2,1-2H3,(H,20,24)(H,21,23)/t16-/m0/s1. The maximum Gasteiger partial charge on any atom is 0.243 e. The van der Waals surface area contributed by atoms with Gasteiger partial charge in [0.15, 0.2) is 0 Å². The Kier molecular flexibility index (Phi) is 7.40. The molecule has 1 aliphatic rings. The van der Waals surface area contributed by atoms with Gasteiger partial charge in [0, 0.05) is 29.6 Å². The van der Waals surface area contributed by atoms with Crippen molar-refractivity contribution in [1.82, 2.24) is 5.32 Å². The zero-order chi connectivity index (χ0) is 18.4. The van der Waals surface area contributed by atoms with Crippen molar-refractivity contribution in [3.8, 4) is 0 Å². The van der Waals surface area contributed by atoms with Crippen LogP contribution in [-0.2, 0) is 9.59 Å². The van der Waals surface area contributed by atoms with E-state index in [-0.39, 0.29) is 24.3 Å². The average molecular weight is 385 g/mol. The summed E-state index contributed by atoms with van der Waals surface area (Å²) in [6.07, 6.45) is 0. The van der Waals surface area contributed by atoms with E-state index in [1.807, 2.05) is 37.7 Å². The highest BCUT2D eigenvalue weighted by molar-refractivity contribution is 7.99. The van der Waals surface area contributed by atoms with E-state index in [0.29, 0.717) is 10.7 Å². The Morgan fingerprint density at radius 2 is 2.00 bits per heavy atom. The number of amides is 2. The summed E-state index contributed by atoms with van der Waals surface area (Å²) in [5, 5.41) is 5.97. The molecular weight excluding hydrogens is 360 g/mol. The number of hydrogen-bond donors (Lipinski definition) is 3. The third kappa shape index (κ3) is 5.80. The largest absolute Gasteiger partial charge is 0.368 e. The summed E-state index contributed by atoms with van der Waals surface area (Å²) in [5.41, 5.74) is 7.38. The van der Waals surface area contributed by atoms with Crippen molar-refractivity contribution in [3.05, 3.63) is 23.2 Å². The monoisotopic (exact) mass is 384 g/mol. The number of nitrogens with zero attached hydrogens (tertiary/aromatic N) is 1. The Hall–Kier alpha value is -1.44. The number of carbonyl (C=O) groups excluding carboxylic acids is 2. The van der Waals surface area contributed by atoms with Crippen LogP contribution >= 0.6 is 23.4 Å². The maximum absolute atomic E-state index is 12.2. The number of hydrogen-bond acceptors (Lipinski definition) is 5. The number of nitrogens with two attached hydrogens (primary N) is 1. The van der Waals surface area contributed by atoms with Crippen molar-refractivity contribution in [2.75, 3.05) is 41.4 Å². The van der Waals surface area contributed by atoms with Gasteiger partial charge in [-0.15, -0.1) is 0 Å². The number of anilines is 2. The van der Waals surface area contributed by atoms with Gasteiger partial charge in [0.05, 0.1) is 24.0 Å². The van der Waals surface area contributed by atoms with E-state index in [4.69, 9.17) is 17.3 Å². The fourth-order valence-electron chi connectivity index (χ4n) is 2.47. The Morgan fingerprint density at radius 1 is 1.32 bits per heavy atom. The van der Waals surface area contributed by atoms with Gasteiger partial charge in [-0.1, -0.05) is 25.4 Å². The molecule has 8 heteroatoms. The lowest BCUT2D eigenvalue weighted by Gasteiger charge is -2.30. The molecule has 0 aromatic heterocycles. The van der Waals surface area contributed by atoms with Crippen LogP contribution in [0.2, 0.25) is 5.02 Å². The Bertz CT molecular complexity index is 621. The van der Waals surface area contributed by atoms with E-state index in [0.717, 1.165) is 30.3 Å². The maximum atomic E-state index is 12.2. The van der Waals surface area contributed by atoms with Crippen molar-refractivity contribution in [3.63, 3.8) is 0 Å². The molecule has 6 nitrogen and oxygen atoms in total. The van der Waals surface area contributed by atoms with Crippen LogP contribution in [-0.4, -0.2) is 49.0 Å². The molecule has 0 bridgehead atoms. The van der Waals surface area contributed by atoms with Crippen LogP contribution in [0.5, 0.6) is 0 Å². The number of rotatable bonds is 6. The predicted molar refractivity (Wildman–Crippen MR) is 105 cm³/mol. The van der Waals surface area contributed by atoms with Crippen molar-refractivity contribution in [2.45, 2.75) is 19.9 Å². The van der Waals surface area contributed by atoms with Crippen LogP contribution in [0.3, 0.4) is 0 Å². The number of halogens is 1. The third-order valence-electron chi connectivity index (χ3n) is 4.03. The second kappa shape index (κ2) is 9.31. The highest BCUT2D eigenvalue weighted by atomic mass is 35.5. The zero-order valence-electron chi connectivity index (χ0n) is 14.5. The number of thioether (sulfide) groups is 1. The van der Waals surface area contributed by atoms with Crippen LogP contribution in [0.4, 0.5) is 11.4 Å². The molecule has 138 valence electrons. The van der Waals surface area contributed by atoms with Crippen LogP contribution in [0, 0.1) is 5.92 Å². The molecule has 1 fully saturated rings. The molecule has 1 aromatic rings. The van der Waals surface area contributed by atoms with Crippen LogP contribution in [0.25, 0.3) is 0 Å². The molecule has 0 spiro atoms. The van der Waals surface area contributed by atoms with Crippen LogP contribution in [0.15, 0.2) is 18.2 Å². The van der Waals surface area contributed by atoms with E-state index >= 15 is 0 Å². The average Bonchev–Trinajstić information content (AvgIpc) is 2.59. The molecule has 0 radical (unpaired) electrons. The van der Waals surface area contributed by atoms with Gasteiger partial charge < -0.3 is 21.3 Å². The minimum atomic E-state index is -0.625. The fourth-order valence-corrected chi connectivity index (χ4v) is 3.55. The first-order chi connectivity index (χ1) is 11.9. The molecule has 1 aromatic carbocycles. The Balaban J connectivity index is 2.00. The summed E-state index contributed by atoms with van der Waals surface area (Å²) >= 11 is 8.00. The van der Waals surface area contributed by atoms with Gasteiger partial charge in [0.1, 0.15) is 0 Å². The first kappa shape index (κ1) is 19.9. The molecular formula is C17H25ClN4O2S. The predicted octanol–water partition coefficient (Wildman–Crippen LogP) is 1.93. The van der Waals surface area contributed by atoms with Crippen molar-refractivity contribution in [2.24, 2.45) is 11.7 Å². The van der Waals surface area contributed by atoms with Crippen LogP contribution < -0.4 is 21.3 Å². The molecule has 2 amide bonds. The van der Waals surface area contributed by atoms with Gasteiger partial charge in [-0.25, -0.2) is 0 Å². The van der Waals surface area contributed by atoms with Gasteiger partial charge in [0.2, 0.25) is 11.8 Å². The van der Waals surface area contributed by atoms with Crippen molar-refractivity contribution >= 4 is 46.6 Å². The molecule has 2 rings (SSSR count). The zero-order valence-corrected chi connectivity index (χ0v) is 16.1. The Labute approximate surface area is 157 Å². The summed E-state index contributed by atoms with van der Waals surface area (Å²) < 4.78 is 0. The second-order valence-electron chi connectivity index (χ2n) is 6.30. The highest BCUT2D eigenvalue weighted by Gasteiger charge is 2.19. The van der Waals surface area contributed by atoms with Crippen LogP contribution in [0.1, 0.15) is 13.8 Å². The third-order valence-corrected chi connectivity index (χ3v) is 5.21. The van der Waals surface area contributed by atoms with E-state index < -0.39 is 6.04 Å². The minimum Gasteiger partial charge on any atom is -0.368 e. The molecule has 1 atom stereocenters. The summed E-state index contributed by atoms with van der Waals surface area (Å²) in [6, 6.07) is 4.84. The van der Waals surface area contributed by atoms with E-state index in [9.17, 15) is 9.59 Å². The van der Waals surface area contributed by atoms with E-state index in [2.05, 4.69) is 15.5 Å². The normalized spacial score (nSPS) is 15.8. The lowest BCUT2D eigenvalue weighted by molar-refractivity contribution is -0.125. The van der Waals surface area contributed by atoms with Crippen molar-refractivity contribution in [1.29, 1.82) is 0 Å². The Morgan fingerprint density at radius 3 is 2.64 bits per heavy atom. The molecule has 25 heavy (non-hydrogen) atoms. The minimum absolute atomic E-state index is 0.0135. The number of benzene rings is 1. The van der Waals surface area contributed by atoms with Gasteiger partial charge in [-0.3, -0.25) is 9.59 Å². The number of carbonyl (C=O) groups is 2. The second-order valence-corrected chi connectivity index (χ2v) is 7.96. The summed E-state index contributed by atoms with van der Waals surface area (Å²) in [6.45, 7) is 5.45. The summed E-state index contributed by atoms with van der Waals surface area (Å²) in [5.74, 6) is 1.49. The lowest BCUT2D eigenvalue weighted by atomic mass is 10.1. The molecule has 1 saturated heterocycles. The smallest absolute Gasteiger partial charge is 0.243 e. The molecule has 0 unspecified atom stereocenters. The fraction of sp³-hybridized carbons (Fsp3) is 0.529. The quantitative estimate of drug-likeness (QED) is 0.697. The van der Waals surface area contributed by atoms with E-state index in [1.165, 1.54) is 0 Å². The van der Waals surface area contributed by atoms with Gasteiger partial charge in [-0.2, -0.15) is 11.8 Å². The van der Waals surface area contributed by atoms with Gasteiger partial charge >= 0.3 is 0 Å². The lowest BCUT2D eigenvalue weighted by Crippen LogP contribution is -2.46. The van der Waals surface area contributed by atoms with Crippen molar-refractivity contribution < 1.29 is 9.59 Å². The first-order valence-corrected chi connectivity index (χ1v) is 9.87. The van der Waals surface area contributed by atoms with Gasteiger partial charge in [-0.05, 0) is 24.1 Å². The molecule has 4 N–H and O–H groups in total. The SMILES string of the molecule is CC(C)[C@H](N)C(=O)NCC(=O)Nc1cc(Cl)ccc1N1CCSCC1. The molecule has 1 aliphatic heterocycles. The highest BCUT2D eigenvalue weighted by Crippen LogP contribution is 2.30. The molecule has 0 saturated carbocycles. The molecule has 0 aliphatic carbocycles. The number of nitrogens with one attached hydrogen (secondary N) is 2. The molecule has 1 heterocycles. The first-order valence-electron chi connectivity index (χ1n) is 8.34.